The van der Waals surface area contributed by atoms with Gasteiger partial charge in [-0.15, -0.1) is 11.6 Å². The van der Waals surface area contributed by atoms with E-state index in [4.69, 9.17) is 11.6 Å². The van der Waals surface area contributed by atoms with Crippen LogP contribution in [0, 0.1) is 5.82 Å². The number of benzene rings is 1. The highest BCUT2D eigenvalue weighted by molar-refractivity contribution is 6.18. The maximum atomic E-state index is 13.3. The Hall–Kier alpha value is -1.29. The van der Waals surface area contributed by atoms with Crippen LogP contribution < -0.4 is 5.32 Å². The Bertz CT molecular complexity index is 387. The van der Waals surface area contributed by atoms with Crippen LogP contribution in [0.4, 0.5) is 4.39 Å². The fourth-order valence-electron chi connectivity index (χ4n) is 1.14. The maximum Gasteiger partial charge on any atom is 0.258 e. The van der Waals surface area contributed by atoms with Gasteiger partial charge in [-0.1, -0.05) is 6.07 Å². The van der Waals surface area contributed by atoms with E-state index in [1.165, 1.54) is 12.1 Å². The molecule has 3 nitrogen and oxygen atoms in total. The van der Waals surface area contributed by atoms with Crippen LogP contribution in [0.5, 0.6) is 5.75 Å². The number of nitrogens with one attached hydrogen (secondary N) is 1. The summed E-state index contributed by atoms with van der Waals surface area (Å²) >= 11 is 5.63. The van der Waals surface area contributed by atoms with Gasteiger partial charge in [-0.25, -0.2) is 4.39 Å². The van der Waals surface area contributed by atoms with E-state index in [9.17, 15) is 14.3 Å². The Balaban J connectivity index is 2.98. The lowest BCUT2D eigenvalue weighted by Gasteiger charge is -2.23. The van der Waals surface area contributed by atoms with Crippen LogP contribution in [-0.4, -0.2) is 22.4 Å². The first kappa shape index (κ1) is 12.8. The van der Waals surface area contributed by atoms with Crippen molar-refractivity contribution in [2.24, 2.45) is 0 Å². The molecule has 0 aromatic heterocycles. The number of hydrogen-bond acceptors (Lipinski definition) is 2. The van der Waals surface area contributed by atoms with Gasteiger partial charge in [0.15, 0.2) is 0 Å². The zero-order valence-corrected chi connectivity index (χ0v) is 9.81. The molecule has 0 unspecified atom stereocenters. The molecule has 1 aromatic carbocycles. The van der Waals surface area contributed by atoms with Crippen LogP contribution in [0.1, 0.15) is 24.2 Å². The van der Waals surface area contributed by atoms with Crippen LogP contribution in [0.3, 0.4) is 0 Å². The van der Waals surface area contributed by atoms with E-state index in [1.54, 1.807) is 13.8 Å². The molecule has 0 saturated heterocycles. The second-order valence-corrected chi connectivity index (χ2v) is 4.37. The second kappa shape index (κ2) is 4.70. The van der Waals surface area contributed by atoms with Crippen molar-refractivity contribution in [3.05, 3.63) is 29.6 Å². The number of halogens is 2. The molecule has 0 fully saturated rings. The van der Waals surface area contributed by atoms with Gasteiger partial charge in [0.05, 0.1) is 0 Å². The van der Waals surface area contributed by atoms with Crippen molar-refractivity contribution in [1.82, 2.24) is 5.32 Å². The SMILES string of the molecule is CC(C)(CCl)NC(=O)c1c(O)cccc1F. The third-order valence-electron chi connectivity index (χ3n) is 2.00. The Labute approximate surface area is 98.2 Å². The van der Waals surface area contributed by atoms with Crippen molar-refractivity contribution in [2.45, 2.75) is 19.4 Å². The number of carbonyl (C=O) groups is 1. The van der Waals surface area contributed by atoms with Crippen molar-refractivity contribution in [3.63, 3.8) is 0 Å². The number of phenols is 1. The average Bonchev–Trinajstić information content (AvgIpc) is 2.16. The molecule has 0 saturated carbocycles. The first-order valence-electron chi connectivity index (χ1n) is 4.73. The molecule has 0 aliphatic rings. The Morgan fingerprint density at radius 2 is 2.19 bits per heavy atom. The Kier molecular flexibility index (Phi) is 3.75. The molecule has 0 radical (unpaired) electrons. The van der Waals surface area contributed by atoms with E-state index in [1.807, 2.05) is 0 Å². The van der Waals surface area contributed by atoms with Crippen LogP contribution >= 0.6 is 11.6 Å². The van der Waals surface area contributed by atoms with Crippen molar-refractivity contribution < 1.29 is 14.3 Å². The summed E-state index contributed by atoms with van der Waals surface area (Å²) in [5.74, 6) is -1.64. The molecular weight excluding hydrogens is 233 g/mol. The standard InChI is InChI=1S/C11H13ClFNO2/c1-11(2,6-12)14-10(16)9-7(13)4-3-5-8(9)15/h3-5,15H,6H2,1-2H3,(H,14,16). The van der Waals surface area contributed by atoms with Gasteiger partial charge in [-0.05, 0) is 26.0 Å². The van der Waals surface area contributed by atoms with E-state index in [2.05, 4.69) is 5.32 Å². The minimum Gasteiger partial charge on any atom is -0.507 e. The molecule has 0 atom stereocenters. The van der Waals surface area contributed by atoms with Crippen LogP contribution in [0.25, 0.3) is 0 Å². The summed E-state index contributed by atoms with van der Waals surface area (Å²) in [6.07, 6.45) is 0. The van der Waals surface area contributed by atoms with Gasteiger partial charge in [-0.2, -0.15) is 0 Å². The van der Waals surface area contributed by atoms with E-state index >= 15 is 0 Å². The molecule has 2 N–H and O–H groups in total. The predicted octanol–water partition coefficient (Wildman–Crippen LogP) is 2.28. The number of alkyl halides is 1. The molecule has 5 heteroatoms. The summed E-state index contributed by atoms with van der Waals surface area (Å²) < 4.78 is 13.3. The number of rotatable bonds is 3. The Morgan fingerprint density at radius 3 is 2.69 bits per heavy atom. The van der Waals surface area contributed by atoms with Crippen molar-refractivity contribution in [3.8, 4) is 5.75 Å². The van der Waals surface area contributed by atoms with E-state index < -0.39 is 17.3 Å². The maximum absolute atomic E-state index is 13.3. The highest BCUT2D eigenvalue weighted by Gasteiger charge is 2.23. The van der Waals surface area contributed by atoms with Crippen molar-refractivity contribution >= 4 is 17.5 Å². The van der Waals surface area contributed by atoms with Crippen LogP contribution in [-0.2, 0) is 0 Å². The summed E-state index contributed by atoms with van der Waals surface area (Å²) in [4.78, 5) is 11.7. The predicted molar refractivity (Wildman–Crippen MR) is 60.3 cm³/mol. The summed E-state index contributed by atoms with van der Waals surface area (Å²) in [5, 5.41) is 11.9. The normalized spacial score (nSPS) is 11.2. The van der Waals surface area contributed by atoms with Crippen LogP contribution in [0.15, 0.2) is 18.2 Å². The number of amides is 1. The summed E-state index contributed by atoms with van der Waals surface area (Å²) in [5.41, 5.74) is -1.02. The molecule has 1 rings (SSSR count). The average molecular weight is 246 g/mol. The molecular formula is C11H13ClFNO2. The highest BCUT2D eigenvalue weighted by atomic mass is 35.5. The van der Waals surface area contributed by atoms with Crippen molar-refractivity contribution in [1.29, 1.82) is 0 Å². The number of aromatic hydroxyl groups is 1. The monoisotopic (exact) mass is 245 g/mol. The molecule has 1 amide bonds. The quantitative estimate of drug-likeness (QED) is 0.803. The number of phenolic OH excluding ortho intramolecular Hbond substituents is 1. The minimum atomic E-state index is -0.761. The lowest BCUT2D eigenvalue weighted by atomic mass is 10.1. The smallest absolute Gasteiger partial charge is 0.258 e. The zero-order valence-electron chi connectivity index (χ0n) is 9.05. The van der Waals surface area contributed by atoms with E-state index in [-0.39, 0.29) is 17.2 Å². The van der Waals surface area contributed by atoms with Gasteiger partial charge in [0.2, 0.25) is 0 Å². The fourth-order valence-corrected chi connectivity index (χ4v) is 1.21. The van der Waals surface area contributed by atoms with Gasteiger partial charge in [0, 0.05) is 11.4 Å². The topological polar surface area (TPSA) is 49.3 Å². The van der Waals surface area contributed by atoms with E-state index in [0.29, 0.717) is 0 Å². The largest absolute Gasteiger partial charge is 0.507 e. The van der Waals surface area contributed by atoms with Gasteiger partial charge >= 0.3 is 0 Å². The number of carbonyl (C=O) groups excluding carboxylic acids is 1. The third kappa shape index (κ3) is 2.85. The lowest BCUT2D eigenvalue weighted by Crippen LogP contribution is -2.45. The first-order valence-corrected chi connectivity index (χ1v) is 5.27. The molecule has 1 aromatic rings. The highest BCUT2D eigenvalue weighted by Crippen LogP contribution is 2.20. The molecule has 0 bridgehead atoms. The zero-order chi connectivity index (χ0) is 12.3. The summed E-state index contributed by atoms with van der Waals surface area (Å²) in [6.45, 7) is 3.41. The molecule has 88 valence electrons. The summed E-state index contributed by atoms with van der Waals surface area (Å²) in [6, 6.07) is 3.70. The summed E-state index contributed by atoms with van der Waals surface area (Å²) in [7, 11) is 0. The second-order valence-electron chi connectivity index (χ2n) is 4.11. The number of hydrogen-bond donors (Lipinski definition) is 2. The van der Waals surface area contributed by atoms with Gasteiger partial charge in [-0.3, -0.25) is 4.79 Å². The van der Waals surface area contributed by atoms with Gasteiger partial charge < -0.3 is 10.4 Å². The third-order valence-corrected chi connectivity index (χ3v) is 2.67. The lowest BCUT2D eigenvalue weighted by molar-refractivity contribution is 0.0913. The van der Waals surface area contributed by atoms with E-state index in [0.717, 1.165) is 6.07 Å². The van der Waals surface area contributed by atoms with Gasteiger partial charge in [0.25, 0.3) is 5.91 Å². The minimum absolute atomic E-state index is 0.188. The van der Waals surface area contributed by atoms with Crippen LogP contribution in [0.2, 0.25) is 0 Å². The molecule has 0 heterocycles. The molecule has 0 aliphatic heterocycles. The molecule has 16 heavy (non-hydrogen) atoms. The fraction of sp³-hybridized carbons (Fsp3) is 0.364. The molecule has 0 aliphatic carbocycles. The first-order chi connectivity index (χ1) is 7.37. The molecule has 0 spiro atoms. The van der Waals surface area contributed by atoms with Gasteiger partial charge in [0.1, 0.15) is 17.1 Å². The van der Waals surface area contributed by atoms with Crippen molar-refractivity contribution in [2.75, 3.05) is 5.88 Å². The Morgan fingerprint density at radius 1 is 1.56 bits per heavy atom.